The average Bonchev–Trinajstić information content (AvgIpc) is 3.15. The highest BCUT2D eigenvalue weighted by Crippen LogP contribution is 2.27. The molecule has 0 radical (unpaired) electrons. The number of rotatable bonds is 7. The first-order chi connectivity index (χ1) is 13.7. The molecule has 2 aromatic rings. The Morgan fingerprint density at radius 1 is 1.10 bits per heavy atom. The fourth-order valence-electron chi connectivity index (χ4n) is 3.42. The van der Waals surface area contributed by atoms with Crippen LogP contribution in [0.4, 0.5) is 10.1 Å². The van der Waals surface area contributed by atoms with Gasteiger partial charge in [0.2, 0.25) is 5.91 Å². The fourth-order valence-corrected chi connectivity index (χ4v) is 3.42. The van der Waals surface area contributed by atoms with Crippen LogP contribution in [0, 0.1) is 5.82 Å². The maximum atomic E-state index is 13.6. The van der Waals surface area contributed by atoms with Gasteiger partial charge in [-0.3, -0.25) is 9.79 Å². The Hall–Kier alpha value is -2.16. The predicted molar refractivity (Wildman–Crippen MR) is 127 cm³/mol. The summed E-state index contributed by atoms with van der Waals surface area (Å²) in [5.41, 5.74) is 2.97. The molecule has 0 aromatic heterocycles. The van der Waals surface area contributed by atoms with Crippen LogP contribution in [-0.4, -0.2) is 38.5 Å². The lowest BCUT2D eigenvalue weighted by molar-refractivity contribution is -0.118. The quantitative estimate of drug-likeness (QED) is 0.260. The molecule has 1 aliphatic heterocycles. The molecular weight excluding hydrogens is 482 g/mol. The third-order valence-electron chi connectivity index (χ3n) is 4.92. The number of nitrogens with zero attached hydrogens (tertiary/aromatic N) is 2. The van der Waals surface area contributed by atoms with Gasteiger partial charge in [-0.05, 0) is 42.5 Å². The van der Waals surface area contributed by atoms with Gasteiger partial charge in [-0.15, -0.1) is 24.0 Å². The molecule has 3 rings (SSSR count). The average molecular weight is 510 g/mol. The zero-order valence-corrected chi connectivity index (χ0v) is 19.0. The highest BCUT2D eigenvalue weighted by Gasteiger charge is 2.23. The van der Waals surface area contributed by atoms with Gasteiger partial charge >= 0.3 is 0 Å². The molecule has 0 unspecified atom stereocenters. The van der Waals surface area contributed by atoms with Crippen molar-refractivity contribution in [2.24, 2.45) is 4.99 Å². The van der Waals surface area contributed by atoms with Crippen LogP contribution < -0.4 is 15.5 Å². The third kappa shape index (κ3) is 6.42. The maximum absolute atomic E-state index is 13.6. The Balaban J connectivity index is 0.00000300. The van der Waals surface area contributed by atoms with E-state index in [-0.39, 0.29) is 35.7 Å². The van der Waals surface area contributed by atoms with E-state index in [1.54, 1.807) is 19.2 Å². The third-order valence-corrected chi connectivity index (χ3v) is 4.92. The van der Waals surface area contributed by atoms with Gasteiger partial charge in [-0.2, -0.15) is 0 Å². The smallest absolute Gasteiger partial charge is 0.227 e. The number of anilines is 1. The second-order valence-corrected chi connectivity index (χ2v) is 6.79. The normalized spacial score (nSPS) is 12.9. The van der Waals surface area contributed by atoms with Crippen LogP contribution in [0.3, 0.4) is 0 Å². The number of guanidine groups is 1. The zero-order chi connectivity index (χ0) is 19.8. The second-order valence-electron chi connectivity index (χ2n) is 6.79. The standard InChI is InChI=1S/C22H27FN4O.HI/c1-24-22(26-15-12-17-7-2-4-9-19(17)23)25-14-6-11-21(28)27-16-13-18-8-3-5-10-20(18)27;/h2-5,7-10H,6,11-16H2,1H3,(H2,24,25,26);1H. The van der Waals surface area contributed by atoms with Gasteiger partial charge < -0.3 is 15.5 Å². The number of nitrogens with one attached hydrogen (secondary N) is 2. The van der Waals surface area contributed by atoms with E-state index in [4.69, 9.17) is 0 Å². The molecule has 0 atom stereocenters. The van der Waals surface area contributed by atoms with Crippen LogP contribution in [0.2, 0.25) is 0 Å². The summed E-state index contributed by atoms with van der Waals surface area (Å²) in [5, 5.41) is 6.39. The number of aliphatic imine (C=N–C) groups is 1. The molecule has 1 heterocycles. The molecule has 1 amide bonds. The molecule has 0 aliphatic carbocycles. The number of fused-ring (bicyclic) bond motifs is 1. The first-order valence-electron chi connectivity index (χ1n) is 9.75. The minimum Gasteiger partial charge on any atom is -0.356 e. The fraction of sp³-hybridized carbons (Fsp3) is 0.364. The number of para-hydroxylation sites is 1. The molecular formula is C22H28FIN4O. The summed E-state index contributed by atoms with van der Waals surface area (Å²) in [4.78, 5) is 18.6. The van der Waals surface area contributed by atoms with Gasteiger partial charge in [-0.25, -0.2) is 4.39 Å². The largest absolute Gasteiger partial charge is 0.356 e. The monoisotopic (exact) mass is 510 g/mol. The van der Waals surface area contributed by atoms with E-state index in [0.29, 0.717) is 37.5 Å². The number of carbonyl (C=O) groups is 1. The van der Waals surface area contributed by atoms with Crippen LogP contribution in [0.25, 0.3) is 0 Å². The Morgan fingerprint density at radius 2 is 1.83 bits per heavy atom. The minimum absolute atomic E-state index is 0. The molecule has 2 N–H and O–H groups in total. The number of hydrogen-bond acceptors (Lipinski definition) is 2. The summed E-state index contributed by atoms with van der Waals surface area (Å²) in [6, 6.07) is 14.9. The molecule has 29 heavy (non-hydrogen) atoms. The summed E-state index contributed by atoms with van der Waals surface area (Å²) in [5.74, 6) is 0.638. The van der Waals surface area contributed by atoms with Gasteiger partial charge in [0, 0.05) is 38.8 Å². The number of halogens is 2. The lowest BCUT2D eigenvalue weighted by atomic mass is 10.1. The SMILES string of the molecule is CN=C(NCCCC(=O)N1CCc2ccccc21)NCCc1ccccc1F.I. The van der Waals surface area contributed by atoms with E-state index in [1.165, 1.54) is 11.6 Å². The summed E-state index contributed by atoms with van der Waals surface area (Å²) < 4.78 is 13.6. The summed E-state index contributed by atoms with van der Waals surface area (Å²) >= 11 is 0. The predicted octanol–water partition coefficient (Wildman–Crippen LogP) is 3.52. The van der Waals surface area contributed by atoms with Crippen molar-refractivity contribution in [3.63, 3.8) is 0 Å². The van der Waals surface area contributed by atoms with Crippen molar-refractivity contribution in [1.82, 2.24) is 10.6 Å². The highest BCUT2D eigenvalue weighted by atomic mass is 127. The molecule has 0 saturated heterocycles. The van der Waals surface area contributed by atoms with Gasteiger partial charge in [0.15, 0.2) is 5.96 Å². The topological polar surface area (TPSA) is 56.7 Å². The molecule has 0 spiro atoms. The van der Waals surface area contributed by atoms with Crippen LogP contribution in [0.15, 0.2) is 53.5 Å². The van der Waals surface area contributed by atoms with Crippen molar-refractivity contribution in [2.75, 3.05) is 31.6 Å². The first kappa shape index (κ1) is 23.1. The number of hydrogen-bond donors (Lipinski definition) is 2. The van der Waals surface area contributed by atoms with Crippen molar-refractivity contribution in [1.29, 1.82) is 0 Å². The zero-order valence-electron chi connectivity index (χ0n) is 16.7. The molecule has 1 aliphatic rings. The van der Waals surface area contributed by atoms with Gasteiger partial charge in [0.25, 0.3) is 0 Å². The van der Waals surface area contributed by atoms with Crippen molar-refractivity contribution >= 4 is 41.5 Å². The molecule has 2 aromatic carbocycles. The minimum atomic E-state index is -0.186. The van der Waals surface area contributed by atoms with Crippen LogP contribution >= 0.6 is 24.0 Å². The van der Waals surface area contributed by atoms with Gasteiger partial charge in [0.05, 0.1) is 0 Å². The van der Waals surface area contributed by atoms with E-state index >= 15 is 0 Å². The van der Waals surface area contributed by atoms with Crippen molar-refractivity contribution in [3.8, 4) is 0 Å². The lowest BCUT2D eigenvalue weighted by Crippen LogP contribution is -2.39. The summed E-state index contributed by atoms with van der Waals surface area (Å²) in [7, 11) is 1.70. The van der Waals surface area contributed by atoms with E-state index in [0.717, 1.165) is 25.1 Å². The molecule has 7 heteroatoms. The number of benzene rings is 2. The highest BCUT2D eigenvalue weighted by molar-refractivity contribution is 14.0. The maximum Gasteiger partial charge on any atom is 0.227 e. The Bertz CT molecular complexity index is 843. The second kappa shape index (κ2) is 11.7. The molecule has 0 fully saturated rings. The van der Waals surface area contributed by atoms with Crippen molar-refractivity contribution < 1.29 is 9.18 Å². The Kier molecular flexibility index (Phi) is 9.37. The van der Waals surface area contributed by atoms with E-state index in [1.807, 2.05) is 29.2 Å². The number of carbonyl (C=O) groups excluding carboxylic acids is 1. The van der Waals surface area contributed by atoms with E-state index < -0.39 is 0 Å². The van der Waals surface area contributed by atoms with Crippen LogP contribution in [0.1, 0.15) is 24.0 Å². The van der Waals surface area contributed by atoms with E-state index in [9.17, 15) is 9.18 Å². The van der Waals surface area contributed by atoms with Crippen molar-refractivity contribution in [3.05, 3.63) is 65.5 Å². The van der Waals surface area contributed by atoms with Crippen molar-refractivity contribution in [2.45, 2.75) is 25.7 Å². The van der Waals surface area contributed by atoms with Crippen LogP contribution in [0.5, 0.6) is 0 Å². The summed E-state index contributed by atoms with van der Waals surface area (Å²) in [6.45, 7) is 2.01. The molecule has 0 saturated carbocycles. The first-order valence-corrected chi connectivity index (χ1v) is 9.75. The Labute approximate surface area is 188 Å². The van der Waals surface area contributed by atoms with Crippen LogP contribution in [-0.2, 0) is 17.6 Å². The molecule has 5 nitrogen and oxygen atoms in total. The summed E-state index contributed by atoms with van der Waals surface area (Å²) in [6.07, 6.45) is 2.73. The van der Waals surface area contributed by atoms with Gasteiger partial charge in [-0.1, -0.05) is 36.4 Å². The van der Waals surface area contributed by atoms with E-state index in [2.05, 4.69) is 21.7 Å². The van der Waals surface area contributed by atoms with Gasteiger partial charge in [0.1, 0.15) is 5.82 Å². The molecule has 0 bridgehead atoms. The Morgan fingerprint density at radius 3 is 2.62 bits per heavy atom. The molecule has 156 valence electrons. The number of amides is 1. The lowest BCUT2D eigenvalue weighted by Gasteiger charge is -2.17.